The highest BCUT2D eigenvalue weighted by Crippen LogP contribution is 2.26. The van der Waals surface area contributed by atoms with Crippen LogP contribution in [0.25, 0.3) is 0 Å². The molecule has 2 aromatic rings. The van der Waals surface area contributed by atoms with Crippen molar-refractivity contribution in [2.24, 2.45) is 0 Å². The molecule has 0 bridgehead atoms. The Balaban J connectivity index is 2.25. The van der Waals surface area contributed by atoms with Crippen LogP contribution in [-0.4, -0.2) is 16.2 Å². The molecule has 4 nitrogen and oxygen atoms in total. The number of nitrogens with two attached hydrogens (primary N) is 1. The van der Waals surface area contributed by atoms with Crippen LogP contribution in [0.15, 0.2) is 35.6 Å². The maximum Gasteiger partial charge on any atom is 0.223 e. The molecule has 2 rings (SSSR count). The van der Waals surface area contributed by atoms with Crippen LogP contribution >= 0.6 is 11.8 Å². The molecule has 2 N–H and O–H groups in total. The lowest BCUT2D eigenvalue weighted by Gasteiger charge is -2.08. The van der Waals surface area contributed by atoms with E-state index < -0.39 is 0 Å². The van der Waals surface area contributed by atoms with Gasteiger partial charge in [0.1, 0.15) is 17.1 Å². The Morgan fingerprint density at radius 1 is 1.24 bits per heavy atom. The smallest absolute Gasteiger partial charge is 0.223 e. The Kier molecular flexibility index (Phi) is 3.49. The SMILES string of the molecule is CSc1cc(Oc2ccc(N)cc2C)ncn1. The quantitative estimate of drug-likeness (QED) is 0.513. The van der Waals surface area contributed by atoms with Crippen molar-refractivity contribution in [1.82, 2.24) is 9.97 Å². The van der Waals surface area contributed by atoms with Gasteiger partial charge in [-0.25, -0.2) is 9.97 Å². The number of aromatic nitrogens is 2. The fraction of sp³-hybridized carbons (Fsp3) is 0.167. The number of thioether (sulfide) groups is 1. The Morgan fingerprint density at radius 3 is 2.76 bits per heavy atom. The van der Waals surface area contributed by atoms with Gasteiger partial charge in [-0.3, -0.25) is 0 Å². The lowest BCUT2D eigenvalue weighted by atomic mass is 10.2. The van der Waals surface area contributed by atoms with Gasteiger partial charge in [-0.2, -0.15) is 0 Å². The van der Waals surface area contributed by atoms with E-state index in [2.05, 4.69) is 9.97 Å². The second kappa shape index (κ2) is 5.05. The van der Waals surface area contributed by atoms with E-state index >= 15 is 0 Å². The van der Waals surface area contributed by atoms with Gasteiger partial charge in [0.2, 0.25) is 5.88 Å². The highest BCUT2D eigenvalue weighted by molar-refractivity contribution is 7.98. The summed E-state index contributed by atoms with van der Waals surface area (Å²) in [6, 6.07) is 7.32. The zero-order valence-electron chi connectivity index (χ0n) is 9.68. The number of aryl methyl sites for hydroxylation is 1. The van der Waals surface area contributed by atoms with Crippen LogP contribution < -0.4 is 10.5 Å². The van der Waals surface area contributed by atoms with Crippen molar-refractivity contribution in [3.8, 4) is 11.6 Å². The Hall–Kier alpha value is -1.75. The number of benzene rings is 1. The first-order chi connectivity index (χ1) is 8.19. The summed E-state index contributed by atoms with van der Waals surface area (Å²) >= 11 is 1.55. The Labute approximate surface area is 104 Å². The minimum atomic E-state index is 0.539. The fourth-order valence-corrected chi connectivity index (χ4v) is 1.76. The van der Waals surface area contributed by atoms with Crippen LogP contribution in [0.3, 0.4) is 0 Å². The van der Waals surface area contributed by atoms with Gasteiger partial charge in [-0.05, 0) is 36.9 Å². The summed E-state index contributed by atoms with van der Waals surface area (Å²) in [4.78, 5) is 8.16. The number of hydrogen-bond donors (Lipinski definition) is 1. The molecule has 0 saturated carbocycles. The molecular formula is C12H13N3OS. The third kappa shape index (κ3) is 2.88. The Bertz CT molecular complexity index is 531. The lowest BCUT2D eigenvalue weighted by molar-refractivity contribution is 0.455. The van der Waals surface area contributed by atoms with Crippen molar-refractivity contribution in [1.29, 1.82) is 0 Å². The molecule has 0 unspecified atom stereocenters. The van der Waals surface area contributed by atoms with E-state index in [0.717, 1.165) is 22.0 Å². The first kappa shape index (κ1) is 11.7. The number of nitrogen functional groups attached to an aromatic ring is 1. The van der Waals surface area contributed by atoms with Gasteiger partial charge >= 0.3 is 0 Å². The van der Waals surface area contributed by atoms with Gasteiger partial charge in [0.25, 0.3) is 0 Å². The molecule has 5 heteroatoms. The van der Waals surface area contributed by atoms with E-state index in [9.17, 15) is 0 Å². The maximum atomic E-state index is 5.69. The molecule has 0 saturated heterocycles. The maximum absolute atomic E-state index is 5.69. The predicted octanol–water partition coefficient (Wildman–Crippen LogP) is 2.88. The molecule has 88 valence electrons. The van der Waals surface area contributed by atoms with Crippen LogP contribution in [0.2, 0.25) is 0 Å². The third-order valence-electron chi connectivity index (χ3n) is 2.24. The van der Waals surface area contributed by atoms with Crippen LogP contribution in [0.1, 0.15) is 5.56 Å². The highest BCUT2D eigenvalue weighted by Gasteiger charge is 2.04. The van der Waals surface area contributed by atoms with Gasteiger partial charge in [0.15, 0.2) is 0 Å². The summed E-state index contributed by atoms with van der Waals surface area (Å²) in [6.45, 7) is 1.95. The van der Waals surface area contributed by atoms with Crippen molar-refractivity contribution in [2.45, 2.75) is 11.9 Å². The zero-order valence-corrected chi connectivity index (χ0v) is 10.5. The summed E-state index contributed by atoms with van der Waals surface area (Å²) in [5.74, 6) is 1.29. The van der Waals surface area contributed by atoms with E-state index in [1.54, 1.807) is 23.9 Å². The van der Waals surface area contributed by atoms with E-state index in [4.69, 9.17) is 10.5 Å². The van der Waals surface area contributed by atoms with E-state index in [1.807, 2.05) is 25.3 Å². The lowest BCUT2D eigenvalue weighted by Crippen LogP contribution is -1.93. The standard InChI is InChI=1S/C12H13N3OS/c1-8-5-9(13)3-4-10(8)16-11-6-12(17-2)15-7-14-11/h3-7H,13H2,1-2H3. The van der Waals surface area contributed by atoms with Crippen LogP contribution in [-0.2, 0) is 0 Å². The number of ether oxygens (including phenoxy) is 1. The van der Waals surface area contributed by atoms with Crippen molar-refractivity contribution >= 4 is 17.4 Å². The normalized spacial score (nSPS) is 10.2. The molecule has 1 aromatic carbocycles. The van der Waals surface area contributed by atoms with Gasteiger partial charge in [0, 0.05) is 11.8 Å². The average molecular weight is 247 g/mol. The number of hydrogen-bond acceptors (Lipinski definition) is 5. The molecule has 17 heavy (non-hydrogen) atoms. The highest BCUT2D eigenvalue weighted by atomic mass is 32.2. The van der Waals surface area contributed by atoms with Gasteiger partial charge in [-0.15, -0.1) is 11.8 Å². The molecule has 0 amide bonds. The van der Waals surface area contributed by atoms with Gasteiger partial charge in [-0.1, -0.05) is 0 Å². The summed E-state index contributed by atoms with van der Waals surface area (Å²) in [6.07, 6.45) is 3.45. The predicted molar refractivity (Wildman–Crippen MR) is 69.5 cm³/mol. The van der Waals surface area contributed by atoms with Gasteiger partial charge < -0.3 is 10.5 Å². The van der Waals surface area contributed by atoms with E-state index in [-0.39, 0.29) is 0 Å². The molecule has 0 spiro atoms. The summed E-state index contributed by atoms with van der Waals surface area (Å²) in [7, 11) is 0. The minimum absolute atomic E-state index is 0.539. The first-order valence-corrected chi connectivity index (χ1v) is 6.31. The Morgan fingerprint density at radius 2 is 2.06 bits per heavy atom. The van der Waals surface area contributed by atoms with E-state index in [1.165, 1.54) is 6.33 Å². The summed E-state index contributed by atoms with van der Waals surface area (Å²) in [5.41, 5.74) is 7.39. The molecule has 0 aliphatic rings. The molecule has 0 fully saturated rings. The summed E-state index contributed by atoms with van der Waals surface area (Å²) < 4.78 is 5.69. The number of rotatable bonds is 3. The van der Waals surface area contributed by atoms with Crippen molar-refractivity contribution in [2.75, 3.05) is 12.0 Å². The first-order valence-electron chi connectivity index (χ1n) is 5.09. The number of anilines is 1. The second-order valence-electron chi connectivity index (χ2n) is 3.53. The van der Waals surface area contributed by atoms with Crippen LogP contribution in [0.4, 0.5) is 5.69 Å². The fourth-order valence-electron chi connectivity index (χ4n) is 1.39. The average Bonchev–Trinajstić information content (AvgIpc) is 2.33. The summed E-state index contributed by atoms with van der Waals surface area (Å²) in [5, 5.41) is 0.878. The number of nitrogens with zero attached hydrogens (tertiary/aromatic N) is 2. The molecule has 1 aromatic heterocycles. The van der Waals surface area contributed by atoms with Crippen molar-refractivity contribution < 1.29 is 4.74 Å². The molecule has 0 aliphatic heterocycles. The zero-order chi connectivity index (χ0) is 12.3. The van der Waals surface area contributed by atoms with Crippen LogP contribution in [0.5, 0.6) is 11.6 Å². The molecule has 0 atom stereocenters. The molecule has 0 radical (unpaired) electrons. The van der Waals surface area contributed by atoms with Crippen molar-refractivity contribution in [3.63, 3.8) is 0 Å². The molecular weight excluding hydrogens is 234 g/mol. The van der Waals surface area contributed by atoms with E-state index in [0.29, 0.717) is 5.88 Å². The molecule has 0 aliphatic carbocycles. The third-order valence-corrected chi connectivity index (χ3v) is 2.88. The van der Waals surface area contributed by atoms with Crippen molar-refractivity contribution in [3.05, 3.63) is 36.2 Å². The minimum Gasteiger partial charge on any atom is -0.439 e. The largest absolute Gasteiger partial charge is 0.439 e. The second-order valence-corrected chi connectivity index (χ2v) is 4.35. The molecule has 1 heterocycles. The topological polar surface area (TPSA) is 61.0 Å². The van der Waals surface area contributed by atoms with Gasteiger partial charge in [0.05, 0.1) is 0 Å². The van der Waals surface area contributed by atoms with Crippen LogP contribution in [0, 0.1) is 6.92 Å². The monoisotopic (exact) mass is 247 g/mol.